The van der Waals surface area contributed by atoms with Crippen molar-refractivity contribution in [3.63, 3.8) is 0 Å². The molecule has 0 spiro atoms. The maximum Gasteiger partial charge on any atom is 0.0950 e. The zero-order valence-electron chi connectivity index (χ0n) is 9.52. The molecule has 0 aromatic carbocycles. The van der Waals surface area contributed by atoms with Crippen LogP contribution in [-0.2, 0) is 0 Å². The van der Waals surface area contributed by atoms with Crippen LogP contribution in [0.25, 0.3) is 0 Å². The predicted molar refractivity (Wildman–Crippen MR) is 60.5 cm³/mol. The predicted octanol–water partition coefficient (Wildman–Crippen LogP) is 2.15. The van der Waals surface area contributed by atoms with Gasteiger partial charge in [-0.05, 0) is 32.8 Å². The van der Waals surface area contributed by atoms with E-state index in [2.05, 4.69) is 18.7 Å². The molecule has 3 unspecified atom stereocenters. The molecule has 2 rings (SSSR count). The van der Waals surface area contributed by atoms with Crippen molar-refractivity contribution in [1.29, 1.82) is 0 Å². The summed E-state index contributed by atoms with van der Waals surface area (Å²) in [6.45, 7) is 5.59. The van der Waals surface area contributed by atoms with Gasteiger partial charge in [-0.15, -0.1) is 0 Å². The summed E-state index contributed by atoms with van der Waals surface area (Å²) in [5.74, 6) is 0. The molecule has 0 bridgehead atoms. The first-order valence-corrected chi connectivity index (χ1v) is 5.72. The molecule has 1 fully saturated rings. The zero-order chi connectivity index (χ0) is 10.8. The van der Waals surface area contributed by atoms with Crippen LogP contribution in [0.15, 0.2) is 23.0 Å². The topological polar surface area (TPSA) is 42.4 Å². The summed E-state index contributed by atoms with van der Waals surface area (Å²) >= 11 is 0. The second kappa shape index (κ2) is 4.37. The fourth-order valence-electron chi connectivity index (χ4n) is 2.51. The second-order valence-electron chi connectivity index (χ2n) is 4.60. The van der Waals surface area contributed by atoms with Gasteiger partial charge >= 0.3 is 0 Å². The van der Waals surface area contributed by atoms with Crippen molar-refractivity contribution in [3.8, 4) is 0 Å². The number of hydrogen-bond acceptors (Lipinski definition) is 3. The van der Waals surface area contributed by atoms with Gasteiger partial charge in [0.1, 0.15) is 0 Å². The van der Waals surface area contributed by atoms with E-state index in [1.165, 1.54) is 5.56 Å². The highest BCUT2D eigenvalue weighted by atomic mass is 16.3. The summed E-state index contributed by atoms with van der Waals surface area (Å²) in [5.41, 5.74) is 7.22. The lowest BCUT2D eigenvalue weighted by Crippen LogP contribution is -2.46. The Kier molecular flexibility index (Phi) is 3.12. The Morgan fingerprint density at radius 3 is 3.00 bits per heavy atom. The van der Waals surface area contributed by atoms with Crippen LogP contribution in [0.4, 0.5) is 0 Å². The van der Waals surface area contributed by atoms with Crippen LogP contribution < -0.4 is 5.73 Å². The van der Waals surface area contributed by atoms with Gasteiger partial charge in [0.2, 0.25) is 0 Å². The summed E-state index contributed by atoms with van der Waals surface area (Å²) < 4.78 is 5.13. The normalized spacial score (nSPS) is 30.3. The van der Waals surface area contributed by atoms with Crippen molar-refractivity contribution >= 4 is 0 Å². The standard InChI is InChI=1S/C12H20N2O/c1-9-7-12(13)3-5-14(9)10(2)11-4-6-15-8-11/h4,6,8-10,12H,3,5,7,13H2,1-2H3. The molecule has 3 nitrogen and oxygen atoms in total. The molecule has 1 aliphatic heterocycles. The van der Waals surface area contributed by atoms with Gasteiger partial charge in [-0.3, -0.25) is 4.90 Å². The summed E-state index contributed by atoms with van der Waals surface area (Å²) in [6.07, 6.45) is 5.78. The van der Waals surface area contributed by atoms with Crippen molar-refractivity contribution < 1.29 is 4.42 Å². The highest BCUT2D eigenvalue weighted by Gasteiger charge is 2.27. The molecule has 0 aliphatic carbocycles. The maximum atomic E-state index is 5.96. The average Bonchev–Trinajstić information content (AvgIpc) is 2.69. The van der Waals surface area contributed by atoms with Crippen LogP contribution in [0.2, 0.25) is 0 Å². The molecule has 0 saturated carbocycles. The van der Waals surface area contributed by atoms with Gasteiger partial charge in [0.05, 0.1) is 12.5 Å². The fourth-order valence-corrected chi connectivity index (χ4v) is 2.51. The van der Waals surface area contributed by atoms with Crippen LogP contribution in [0, 0.1) is 0 Å². The molecule has 1 aliphatic rings. The molecule has 3 heteroatoms. The zero-order valence-corrected chi connectivity index (χ0v) is 9.52. The first-order valence-electron chi connectivity index (χ1n) is 5.72. The molecule has 15 heavy (non-hydrogen) atoms. The van der Waals surface area contributed by atoms with Crippen LogP contribution >= 0.6 is 0 Å². The van der Waals surface area contributed by atoms with Gasteiger partial charge in [-0.25, -0.2) is 0 Å². The third-order valence-electron chi connectivity index (χ3n) is 3.49. The van der Waals surface area contributed by atoms with E-state index in [-0.39, 0.29) is 0 Å². The van der Waals surface area contributed by atoms with E-state index in [4.69, 9.17) is 10.2 Å². The molecule has 0 radical (unpaired) electrons. The Morgan fingerprint density at radius 2 is 2.40 bits per heavy atom. The number of piperidine rings is 1. The monoisotopic (exact) mass is 208 g/mol. The summed E-state index contributed by atoms with van der Waals surface area (Å²) in [4.78, 5) is 2.51. The minimum absolute atomic E-state index is 0.382. The van der Waals surface area contributed by atoms with Gasteiger partial charge in [0.15, 0.2) is 0 Å². The quantitative estimate of drug-likeness (QED) is 0.809. The Morgan fingerprint density at radius 1 is 1.60 bits per heavy atom. The summed E-state index contributed by atoms with van der Waals surface area (Å²) in [6, 6.07) is 3.43. The van der Waals surface area contributed by atoms with E-state index in [1.54, 1.807) is 6.26 Å². The molecule has 0 amide bonds. The number of hydrogen-bond donors (Lipinski definition) is 1. The largest absolute Gasteiger partial charge is 0.472 e. The second-order valence-corrected chi connectivity index (χ2v) is 4.60. The highest BCUT2D eigenvalue weighted by Crippen LogP contribution is 2.27. The average molecular weight is 208 g/mol. The molecule has 1 saturated heterocycles. The van der Waals surface area contributed by atoms with Gasteiger partial charge in [0, 0.05) is 30.2 Å². The number of nitrogens with two attached hydrogens (primary N) is 1. The van der Waals surface area contributed by atoms with Crippen LogP contribution in [0.5, 0.6) is 0 Å². The Labute approximate surface area is 91.2 Å². The van der Waals surface area contributed by atoms with Crippen molar-refractivity contribution in [1.82, 2.24) is 4.90 Å². The molecule has 2 heterocycles. The third kappa shape index (κ3) is 2.24. The van der Waals surface area contributed by atoms with Gasteiger partial charge in [-0.2, -0.15) is 0 Å². The van der Waals surface area contributed by atoms with Crippen molar-refractivity contribution in [2.24, 2.45) is 5.73 Å². The van der Waals surface area contributed by atoms with E-state index < -0.39 is 0 Å². The number of likely N-dealkylation sites (tertiary alicyclic amines) is 1. The lowest BCUT2D eigenvalue weighted by Gasteiger charge is -2.40. The first kappa shape index (κ1) is 10.7. The van der Waals surface area contributed by atoms with E-state index in [1.807, 2.05) is 12.3 Å². The van der Waals surface area contributed by atoms with E-state index in [0.717, 1.165) is 19.4 Å². The minimum Gasteiger partial charge on any atom is -0.472 e. The Hall–Kier alpha value is -0.800. The fraction of sp³-hybridized carbons (Fsp3) is 0.667. The van der Waals surface area contributed by atoms with Crippen LogP contribution in [0.1, 0.15) is 38.3 Å². The number of furan rings is 1. The molecule has 1 aromatic heterocycles. The van der Waals surface area contributed by atoms with E-state index in [9.17, 15) is 0 Å². The molecule has 1 aromatic rings. The first-order chi connectivity index (χ1) is 7.18. The Balaban J connectivity index is 2.04. The molecular formula is C12H20N2O. The molecule has 2 N–H and O–H groups in total. The lowest BCUT2D eigenvalue weighted by atomic mass is 9.96. The van der Waals surface area contributed by atoms with Gasteiger partial charge in [-0.1, -0.05) is 0 Å². The molecule has 3 atom stereocenters. The van der Waals surface area contributed by atoms with Crippen LogP contribution in [0.3, 0.4) is 0 Å². The van der Waals surface area contributed by atoms with Crippen molar-refractivity contribution in [2.75, 3.05) is 6.54 Å². The third-order valence-corrected chi connectivity index (χ3v) is 3.49. The summed E-state index contributed by atoms with van der Waals surface area (Å²) in [5, 5.41) is 0. The van der Waals surface area contributed by atoms with Crippen LogP contribution in [-0.4, -0.2) is 23.5 Å². The highest BCUT2D eigenvalue weighted by molar-refractivity contribution is 5.11. The van der Waals surface area contributed by atoms with Gasteiger partial charge < -0.3 is 10.2 Å². The van der Waals surface area contributed by atoms with E-state index in [0.29, 0.717) is 18.1 Å². The lowest BCUT2D eigenvalue weighted by molar-refractivity contribution is 0.104. The van der Waals surface area contributed by atoms with Crippen molar-refractivity contribution in [3.05, 3.63) is 24.2 Å². The van der Waals surface area contributed by atoms with Gasteiger partial charge in [0.25, 0.3) is 0 Å². The Bertz CT molecular complexity index is 297. The van der Waals surface area contributed by atoms with E-state index >= 15 is 0 Å². The maximum absolute atomic E-state index is 5.96. The smallest absolute Gasteiger partial charge is 0.0950 e. The molecule has 84 valence electrons. The SMILES string of the molecule is CC1CC(N)CCN1C(C)c1ccoc1. The van der Waals surface area contributed by atoms with Crippen molar-refractivity contribution in [2.45, 2.75) is 44.8 Å². The number of rotatable bonds is 2. The summed E-state index contributed by atoms with van der Waals surface area (Å²) in [7, 11) is 0. The minimum atomic E-state index is 0.382. The molecular weight excluding hydrogens is 188 g/mol. The number of nitrogens with zero attached hydrogens (tertiary/aromatic N) is 1.